The zero-order chi connectivity index (χ0) is 20.5. The highest BCUT2D eigenvalue weighted by molar-refractivity contribution is 5.88. The average Bonchev–Trinajstić information content (AvgIpc) is 2.68. The molecule has 0 radical (unpaired) electrons. The second kappa shape index (κ2) is 9.72. The molecule has 0 spiro atoms. The summed E-state index contributed by atoms with van der Waals surface area (Å²) < 4.78 is 10.4. The largest absolute Gasteiger partial charge is 0.502 e. The number of nitro benzene ring substituents is 1. The fourth-order valence-corrected chi connectivity index (χ4v) is 2.29. The summed E-state index contributed by atoms with van der Waals surface area (Å²) in [5.74, 6) is -0.401. The maximum Gasteiger partial charge on any atom is 0.315 e. The quantitative estimate of drug-likeness (QED) is 0.296. The van der Waals surface area contributed by atoms with Crippen molar-refractivity contribution >= 4 is 17.8 Å². The maximum absolute atomic E-state index is 11.9. The number of benzene rings is 2. The minimum atomic E-state index is -0.748. The van der Waals surface area contributed by atoms with Gasteiger partial charge >= 0.3 is 5.69 Å². The van der Waals surface area contributed by atoms with Gasteiger partial charge in [0.15, 0.2) is 6.61 Å². The third-order valence-corrected chi connectivity index (χ3v) is 3.61. The number of amides is 1. The van der Waals surface area contributed by atoms with Crippen molar-refractivity contribution < 1.29 is 24.3 Å². The third-order valence-electron chi connectivity index (χ3n) is 3.61. The summed E-state index contributed by atoms with van der Waals surface area (Å²) in [4.78, 5) is 22.1. The van der Waals surface area contributed by atoms with Crippen molar-refractivity contribution in [2.45, 2.75) is 6.42 Å². The molecule has 0 bridgehead atoms. The van der Waals surface area contributed by atoms with Crippen LogP contribution in [0.5, 0.6) is 17.2 Å². The lowest BCUT2D eigenvalue weighted by Crippen LogP contribution is -2.24. The van der Waals surface area contributed by atoms with Crippen molar-refractivity contribution in [1.29, 1.82) is 0 Å². The number of phenols is 1. The van der Waals surface area contributed by atoms with Crippen molar-refractivity contribution in [3.8, 4) is 17.2 Å². The number of nitrogens with zero attached hydrogens (tertiary/aromatic N) is 2. The van der Waals surface area contributed by atoms with E-state index in [1.165, 1.54) is 13.2 Å². The van der Waals surface area contributed by atoms with Gasteiger partial charge in [0.05, 0.1) is 24.3 Å². The number of carbonyl (C=O) groups is 1. The van der Waals surface area contributed by atoms with Gasteiger partial charge in [-0.2, -0.15) is 5.10 Å². The smallest absolute Gasteiger partial charge is 0.315 e. The number of nitrogens with one attached hydrogen (secondary N) is 1. The van der Waals surface area contributed by atoms with Gasteiger partial charge in [-0.25, -0.2) is 5.43 Å². The number of allylic oxidation sites excluding steroid dienone is 1. The minimum Gasteiger partial charge on any atom is -0.502 e. The maximum atomic E-state index is 11.9. The number of hydrogen-bond acceptors (Lipinski definition) is 7. The predicted molar refractivity (Wildman–Crippen MR) is 103 cm³/mol. The number of ether oxygens (including phenoxy) is 2. The van der Waals surface area contributed by atoms with E-state index in [1.54, 1.807) is 18.2 Å². The highest BCUT2D eigenvalue weighted by Gasteiger charge is 2.18. The van der Waals surface area contributed by atoms with E-state index in [4.69, 9.17) is 9.47 Å². The fourth-order valence-electron chi connectivity index (χ4n) is 2.29. The summed E-state index contributed by atoms with van der Waals surface area (Å²) in [5.41, 5.74) is 2.61. The summed E-state index contributed by atoms with van der Waals surface area (Å²) in [5, 5.41) is 24.6. The number of methoxy groups -OCH3 is 1. The van der Waals surface area contributed by atoms with Crippen LogP contribution in [-0.4, -0.2) is 35.9 Å². The number of phenolic OH excluding ortho intramolecular Hbond substituents is 1. The summed E-state index contributed by atoms with van der Waals surface area (Å²) in [7, 11) is 1.33. The molecule has 0 unspecified atom stereocenters. The SMILES string of the molecule is C=CCc1ccccc1OCC(=O)N/N=C/c1cc(OC)cc([N+](=O)[O-])c1O. The molecule has 2 rings (SSSR count). The van der Waals surface area contributed by atoms with Gasteiger partial charge in [0.1, 0.15) is 11.5 Å². The first-order valence-corrected chi connectivity index (χ1v) is 8.15. The second-order valence-electron chi connectivity index (χ2n) is 5.52. The van der Waals surface area contributed by atoms with Gasteiger partial charge in [-0.05, 0) is 24.1 Å². The minimum absolute atomic E-state index is 0.0172. The average molecular weight is 385 g/mol. The van der Waals surface area contributed by atoms with Crippen LogP contribution in [0.25, 0.3) is 0 Å². The Morgan fingerprint density at radius 3 is 2.82 bits per heavy atom. The zero-order valence-corrected chi connectivity index (χ0v) is 15.1. The molecule has 28 heavy (non-hydrogen) atoms. The molecule has 0 aliphatic carbocycles. The van der Waals surface area contributed by atoms with E-state index < -0.39 is 22.3 Å². The van der Waals surface area contributed by atoms with Crippen molar-refractivity contribution in [2.75, 3.05) is 13.7 Å². The molecule has 0 aliphatic heterocycles. The first-order valence-electron chi connectivity index (χ1n) is 8.15. The van der Waals surface area contributed by atoms with Crippen LogP contribution in [0.2, 0.25) is 0 Å². The standard InChI is InChI=1S/C19H19N3O6/c1-3-6-13-7-4-5-8-17(13)28-12-18(23)21-20-11-14-9-15(27-2)10-16(19(14)24)22(25)26/h3-5,7-11,24H,1,6,12H2,2H3,(H,21,23)/b20-11+. The number of hydrogen-bond donors (Lipinski definition) is 2. The highest BCUT2D eigenvalue weighted by Crippen LogP contribution is 2.33. The van der Waals surface area contributed by atoms with Gasteiger partial charge in [0, 0.05) is 5.56 Å². The lowest BCUT2D eigenvalue weighted by molar-refractivity contribution is -0.385. The highest BCUT2D eigenvalue weighted by atomic mass is 16.6. The van der Waals surface area contributed by atoms with Crippen LogP contribution in [-0.2, 0) is 11.2 Å². The molecule has 0 heterocycles. The van der Waals surface area contributed by atoms with Crippen LogP contribution >= 0.6 is 0 Å². The fraction of sp³-hybridized carbons (Fsp3) is 0.158. The lowest BCUT2D eigenvalue weighted by Gasteiger charge is -2.09. The van der Waals surface area contributed by atoms with Crippen molar-refractivity contribution in [1.82, 2.24) is 5.43 Å². The topological polar surface area (TPSA) is 123 Å². The Bertz CT molecular complexity index is 911. The third kappa shape index (κ3) is 5.31. The van der Waals surface area contributed by atoms with Crippen LogP contribution in [0, 0.1) is 10.1 Å². The molecule has 0 saturated heterocycles. The molecule has 2 aromatic carbocycles. The van der Waals surface area contributed by atoms with E-state index >= 15 is 0 Å². The molecule has 2 aromatic rings. The van der Waals surface area contributed by atoms with Crippen molar-refractivity contribution in [3.05, 3.63) is 70.3 Å². The molecule has 9 nitrogen and oxygen atoms in total. The number of carbonyl (C=O) groups excluding carboxylic acids is 1. The van der Waals surface area contributed by atoms with Crippen LogP contribution in [0.4, 0.5) is 5.69 Å². The zero-order valence-electron chi connectivity index (χ0n) is 15.1. The van der Waals surface area contributed by atoms with Crippen LogP contribution in [0.15, 0.2) is 54.2 Å². The summed E-state index contributed by atoms with van der Waals surface area (Å²) in [6.45, 7) is 3.39. The Balaban J connectivity index is 2.01. The number of aromatic hydroxyl groups is 1. The van der Waals surface area contributed by atoms with E-state index in [2.05, 4.69) is 17.1 Å². The van der Waals surface area contributed by atoms with Gasteiger partial charge in [-0.3, -0.25) is 14.9 Å². The predicted octanol–water partition coefficient (Wildman–Crippen LogP) is 2.57. The van der Waals surface area contributed by atoms with Crippen LogP contribution in [0.1, 0.15) is 11.1 Å². The second-order valence-corrected chi connectivity index (χ2v) is 5.52. The first-order chi connectivity index (χ1) is 13.5. The Hall–Kier alpha value is -3.88. The Morgan fingerprint density at radius 2 is 2.14 bits per heavy atom. The van der Waals surface area contributed by atoms with Crippen LogP contribution in [0.3, 0.4) is 0 Å². The molecule has 0 saturated carbocycles. The van der Waals surface area contributed by atoms with Crippen LogP contribution < -0.4 is 14.9 Å². The molecule has 0 aromatic heterocycles. The number of nitro groups is 1. The summed E-state index contributed by atoms with van der Waals surface area (Å²) in [6.07, 6.45) is 3.41. The number of rotatable bonds is 9. The van der Waals surface area contributed by atoms with E-state index in [1.807, 2.05) is 12.1 Å². The normalized spacial score (nSPS) is 10.5. The number of hydrazone groups is 1. The van der Waals surface area contributed by atoms with E-state index in [0.29, 0.717) is 12.2 Å². The Kier molecular flexibility index (Phi) is 7.09. The van der Waals surface area contributed by atoms with Gasteiger partial charge in [0.25, 0.3) is 5.91 Å². The molecular formula is C19H19N3O6. The van der Waals surface area contributed by atoms with E-state index in [9.17, 15) is 20.0 Å². The Labute approximate surface area is 161 Å². The van der Waals surface area contributed by atoms with Gasteiger partial charge in [-0.1, -0.05) is 24.3 Å². The van der Waals surface area contributed by atoms with E-state index in [0.717, 1.165) is 17.8 Å². The van der Waals surface area contributed by atoms with Crippen molar-refractivity contribution in [3.63, 3.8) is 0 Å². The summed E-state index contributed by atoms with van der Waals surface area (Å²) >= 11 is 0. The molecule has 0 atom stereocenters. The monoisotopic (exact) mass is 385 g/mol. The molecule has 2 N–H and O–H groups in total. The van der Waals surface area contributed by atoms with E-state index in [-0.39, 0.29) is 17.9 Å². The number of para-hydroxylation sites is 1. The first kappa shape index (κ1) is 20.4. The Morgan fingerprint density at radius 1 is 1.39 bits per heavy atom. The molecule has 146 valence electrons. The molecule has 0 fully saturated rings. The molecule has 1 amide bonds. The molecule has 9 heteroatoms. The molecular weight excluding hydrogens is 366 g/mol. The molecule has 0 aliphatic rings. The van der Waals surface area contributed by atoms with Gasteiger partial charge in [-0.15, -0.1) is 6.58 Å². The van der Waals surface area contributed by atoms with Gasteiger partial charge in [0.2, 0.25) is 5.75 Å². The van der Waals surface area contributed by atoms with Gasteiger partial charge < -0.3 is 14.6 Å². The van der Waals surface area contributed by atoms with Crippen molar-refractivity contribution in [2.24, 2.45) is 5.10 Å². The lowest BCUT2D eigenvalue weighted by atomic mass is 10.1. The summed E-state index contributed by atoms with van der Waals surface area (Å²) in [6, 6.07) is 9.68.